The molecule has 0 aliphatic rings. The molecule has 0 atom stereocenters. The number of aryl methyl sites for hydroxylation is 2. The van der Waals surface area contributed by atoms with E-state index in [1.54, 1.807) is 16.2 Å². The van der Waals surface area contributed by atoms with Gasteiger partial charge in [0.1, 0.15) is 0 Å². The normalized spacial score (nSPS) is 10.0. The molecule has 0 spiro atoms. The Morgan fingerprint density at radius 3 is 2.62 bits per heavy atom. The molecule has 1 aromatic carbocycles. The standard InChI is InChI=1S/C16H20N2OS.ClH/c1-12-9-10-20-15(12)11-18(2)16(19)8-7-13-5-3-4-6-14(13)17;/h3-6,9-10H,7-8,11,17H2,1-2H3;1H. The fourth-order valence-corrected chi connectivity index (χ4v) is 3.02. The molecule has 1 heterocycles. The van der Waals surface area contributed by atoms with Crippen molar-refractivity contribution in [1.82, 2.24) is 4.90 Å². The van der Waals surface area contributed by atoms with E-state index < -0.39 is 0 Å². The van der Waals surface area contributed by atoms with Gasteiger partial charge in [0.25, 0.3) is 0 Å². The summed E-state index contributed by atoms with van der Waals surface area (Å²) in [4.78, 5) is 15.2. The lowest BCUT2D eigenvalue weighted by molar-refractivity contribution is -0.130. The molecule has 0 unspecified atom stereocenters. The van der Waals surface area contributed by atoms with Crippen molar-refractivity contribution in [2.75, 3.05) is 12.8 Å². The van der Waals surface area contributed by atoms with Crippen LogP contribution in [0.15, 0.2) is 35.7 Å². The van der Waals surface area contributed by atoms with Crippen molar-refractivity contribution >= 4 is 35.3 Å². The predicted octanol–water partition coefficient (Wildman–Crippen LogP) is 3.65. The summed E-state index contributed by atoms with van der Waals surface area (Å²) in [5.74, 6) is 0.154. The lowest BCUT2D eigenvalue weighted by Crippen LogP contribution is -2.26. The molecule has 2 rings (SSSR count). The molecule has 2 aromatic rings. The van der Waals surface area contributed by atoms with Gasteiger partial charge < -0.3 is 10.6 Å². The number of nitrogens with zero attached hydrogens (tertiary/aromatic N) is 1. The number of nitrogens with two attached hydrogens (primary N) is 1. The highest BCUT2D eigenvalue weighted by Gasteiger charge is 2.12. The highest BCUT2D eigenvalue weighted by molar-refractivity contribution is 7.10. The van der Waals surface area contributed by atoms with Gasteiger partial charge in [-0.1, -0.05) is 18.2 Å². The largest absolute Gasteiger partial charge is 0.399 e. The summed E-state index contributed by atoms with van der Waals surface area (Å²) in [5, 5.41) is 2.06. The number of halogens is 1. The Bertz CT molecular complexity index is 597. The van der Waals surface area contributed by atoms with Crippen LogP contribution in [0.25, 0.3) is 0 Å². The number of para-hydroxylation sites is 1. The first-order chi connectivity index (χ1) is 9.58. The van der Waals surface area contributed by atoms with Crippen LogP contribution in [-0.2, 0) is 17.8 Å². The van der Waals surface area contributed by atoms with E-state index in [0.29, 0.717) is 19.4 Å². The van der Waals surface area contributed by atoms with Gasteiger partial charge in [0.05, 0.1) is 6.54 Å². The number of hydrogen-bond acceptors (Lipinski definition) is 3. The van der Waals surface area contributed by atoms with Gasteiger partial charge in [-0.2, -0.15) is 0 Å². The third-order valence-corrected chi connectivity index (χ3v) is 4.45. The van der Waals surface area contributed by atoms with Crippen molar-refractivity contribution in [3.05, 3.63) is 51.7 Å². The summed E-state index contributed by atoms with van der Waals surface area (Å²) >= 11 is 1.70. The molecular formula is C16H21ClN2OS. The number of nitrogen functional groups attached to an aromatic ring is 1. The second-order valence-corrected chi connectivity index (χ2v) is 5.98. The van der Waals surface area contributed by atoms with E-state index in [0.717, 1.165) is 11.3 Å². The van der Waals surface area contributed by atoms with Crippen molar-refractivity contribution in [1.29, 1.82) is 0 Å². The van der Waals surface area contributed by atoms with E-state index in [2.05, 4.69) is 18.4 Å². The van der Waals surface area contributed by atoms with Crippen LogP contribution >= 0.6 is 23.7 Å². The first-order valence-electron chi connectivity index (χ1n) is 6.68. The van der Waals surface area contributed by atoms with Gasteiger partial charge in [0.2, 0.25) is 5.91 Å². The summed E-state index contributed by atoms with van der Waals surface area (Å²) in [6, 6.07) is 9.80. The summed E-state index contributed by atoms with van der Waals surface area (Å²) in [7, 11) is 1.86. The van der Waals surface area contributed by atoms with Gasteiger partial charge in [0.15, 0.2) is 0 Å². The zero-order valence-corrected chi connectivity index (χ0v) is 14.0. The zero-order valence-electron chi connectivity index (χ0n) is 12.3. The summed E-state index contributed by atoms with van der Waals surface area (Å²) in [5.41, 5.74) is 8.95. The number of carbonyl (C=O) groups excluding carboxylic acids is 1. The van der Waals surface area contributed by atoms with Crippen LogP contribution in [0, 0.1) is 6.92 Å². The van der Waals surface area contributed by atoms with E-state index in [1.165, 1.54) is 10.4 Å². The van der Waals surface area contributed by atoms with E-state index in [4.69, 9.17) is 5.73 Å². The number of carbonyl (C=O) groups is 1. The predicted molar refractivity (Wildman–Crippen MR) is 92.0 cm³/mol. The molecule has 0 fully saturated rings. The molecule has 21 heavy (non-hydrogen) atoms. The minimum absolute atomic E-state index is 0. The minimum atomic E-state index is 0. The lowest BCUT2D eigenvalue weighted by atomic mass is 10.1. The van der Waals surface area contributed by atoms with Crippen LogP contribution in [0.1, 0.15) is 22.4 Å². The Hall–Kier alpha value is -1.52. The van der Waals surface area contributed by atoms with Gasteiger partial charge in [-0.15, -0.1) is 23.7 Å². The van der Waals surface area contributed by atoms with Gasteiger partial charge in [-0.3, -0.25) is 4.79 Å². The molecule has 0 bridgehead atoms. The van der Waals surface area contributed by atoms with E-state index >= 15 is 0 Å². The minimum Gasteiger partial charge on any atom is -0.399 e. The third kappa shape index (κ3) is 4.76. The molecule has 0 radical (unpaired) electrons. The Morgan fingerprint density at radius 1 is 1.29 bits per heavy atom. The van der Waals surface area contributed by atoms with Crippen LogP contribution in [0.5, 0.6) is 0 Å². The Morgan fingerprint density at radius 2 is 2.00 bits per heavy atom. The second kappa shape index (κ2) is 8.05. The SMILES string of the molecule is Cc1ccsc1CN(C)C(=O)CCc1ccccc1N.Cl. The number of rotatable bonds is 5. The molecular weight excluding hydrogens is 304 g/mol. The van der Waals surface area contributed by atoms with Crippen molar-refractivity contribution < 1.29 is 4.79 Å². The highest BCUT2D eigenvalue weighted by atomic mass is 35.5. The van der Waals surface area contributed by atoms with Gasteiger partial charge in [-0.25, -0.2) is 0 Å². The summed E-state index contributed by atoms with van der Waals surface area (Å²) < 4.78 is 0. The molecule has 0 aliphatic carbocycles. The van der Waals surface area contributed by atoms with Crippen LogP contribution < -0.4 is 5.73 Å². The smallest absolute Gasteiger partial charge is 0.222 e. The zero-order chi connectivity index (χ0) is 14.5. The first kappa shape index (κ1) is 17.5. The topological polar surface area (TPSA) is 46.3 Å². The van der Waals surface area contributed by atoms with Gasteiger partial charge in [0, 0.05) is 24.0 Å². The molecule has 1 aromatic heterocycles. The maximum absolute atomic E-state index is 12.2. The van der Waals surface area contributed by atoms with Crippen LogP contribution in [0.3, 0.4) is 0 Å². The summed E-state index contributed by atoms with van der Waals surface area (Å²) in [6.07, 6.45) is 1.19. The molecule has 0 saturated carbocycles. The van der Waals surface area contributed by atoms with E-state index in [1.807, 2.05) is 31.3 Å². The second-order valence-electron chi connectivity index (χ2n) is 4.98. The van der Waals surface area contributed by atoms with Crippen LogP contribution in [0.4, 0.5) is 5.69 Å². The third-order valence-electron chi connectivity index (χ3n) is 3.44. The van der Waals surface area contributed by atoms with Gasteiger partial charge >= 0.3 is 0 Å². The van der Waals surface area contributed by atoms with E-state index in [-0.39, 0.29) is 18.3 Å². The molecule has 1 amide bonds. The number of hydrogen-bond donors (Lipinski definition) is 1. The molecule has 2 N–H and O–H groups in total. The Balaban J connectivity index is 0.00000220. The van der Waals surface area contributed by atoms with Crippen LogP contribution in [-0.4, -0.2) is 17.9 Å². The monoisotopic (exact) mass is 324 g/mol. The molecule has 0 saturated heterocycles. The summed E-state index contributed by atoms with van der Waals surface area (Å²) in [6.45, 7) is 2.77. The average molecular weight is 325 g/mol. The number of amides is 1. The highest BCUT2D eigenvalue weighted by Crippen LogP contribution is 2.18. The fourth-order valence-electron chi connectivity index (χ4n) is 2.06. The first-order valence-corrected chi connectivity index (χ1v) is 7.56. The maximum atomic E-state index is 12.2. The molecule has 3 nitrogen and oxygen atoms in total. The molecule has 5 heteroatoms. The fraction of sp³-hybridized carbons (Fsp3) is 0.312. The van der Waals surface area contributed by atoms with Crippen molar-refractivity contribution in [3.8, 4) is 0 Å². The van der Waals surface area contributed by atoms with Crippen molar-refractivity contribution in [2.45, 2.75) is 26.3 Å². The average Bonchev–Trinajstić information content (AvgIpc) is 2.83. The Labute approximate surface area is 136 Å². The molecule has 0 aliphatic heterocycles. The maximum Gasteiger partial charge on any atom is 0.222 e. The van der Waals surface area contributed by atoms with Crippen molar-refractivity contribution in [3.63, 3.8) is 0 Å². The van der Waals surface area contributed by atoms with Gasteiger partial charge in [-0.05, 0) is 42.0 Å². The number of benzene rings is 1. The van der Waals surface area contributed by atoms with Crippen molar-refractivity contribution in [2.24, 2.45) is 0 Å². The lowest BCUT2D eigenvalue weighted by Gasteiger charge is -2.17. The number of anilines is 1. The van der Waals surface area contributed by atoms with E-state index in [9.17, 15) is 4.79 Å². The van der Waals surface area contributed by atoms with Crippen LogP contribution in [0.2, 0.25) is 0 Å². The Kier molecular flexibility index (Phi) is 6.72. The quantitative estimate of drug-likeness (QED) is 0.853. The molecule has 114 valence electrons. The number of thiophene rings is 1.